The molecule has 1 aromatic rings. The van der Waals surface area contributed by atoms with E-state index >= 15 is 0 Å². The summed E-state index contributed by atoms with van der Waals surface area (Å²) in [6.45, 7) is 0. The molecule has 0 radical (unpaired) electrons. The first kappa shape index (κ1) is 11.0. The third-order valence-corrected chi connectivity index (χ3v) is 2.22. The molecular weight excluding hydrogens is 224 g/mol. The second kappa shape index (κ2) is 4.17. The number of Topliss-reactive ketones (excluding diaryl/α,β-unsaturated/α-hetero) is 1. The highest BCUT2D eigenvalue weighted by atomic mass is 16.4. The van der Waals surface area contributed by atoms with Gasteiger partial charge in [-0.2, -0.15) is 0 Å². The van der Waals surface area contributed by atoms with Crippen molar-refractivity contribution in [2.24, 2.45) is 0 Å². The number of rotatable bonds is 2. The molecule has 0 spiro atoms. The van der Waals surface area contributed by atoms with Gasteiger partial charge in [0, 0.05) is 11.6 Å². The van der Waals surface area contributed by atoms with Crippen LogP contribution in [0.4, 0.5) is 5.69 Å². The highest BCUT2D eigenvalue weighted by molar-refractivity contribution is 6.18. The second-order valence-corrected chi connectivity index (χ2v) is 3.47. The molecule has 0 fully saturated rings. The normalized spacial score (nSPS) is 14.6. The number of aliphatic carboxylic acids is 1. The van der Waals surface area contributed by atoms with Crippen molar-refractivity contribution < 1.29 is 19.5 Å². The molecule has 1 aliphatic rings. The van der Waals surface area contributed by atoms with Gasteiger partial charge in [-0.15, -0.1) is 0 Å². The maximum absolute atomic E-state index is 11.6. The van der Waals surface area contributed by atoms with E-state index in [4.69, 9.17) is 5.11 Å². The SMILES string of the molecule is O=C(O)/C=C/c1cc2c(cn1)NC(=O)CC2=O. The summed E-state index contributed by atoms with van der Waals surface area (Å²) in [4.78, 5) is 36.9. The molecule has 0 aromatic carbocycles. The number of aromatic nitrogens is 1. The molecule has 2 N–H and O–H groups in total. The van der Waals surface area contributed by atoms with Crippen molar-refractivity contribution >= 4 is 29.4 Å². The number of anilines is 1. The molecule has 6 nitrogen and oxygen atoms in total. The molecule has 1 aromatic heterocycles. The van der Waals surface area contributed by atoms with Gasteiger partial charge in [0.1, 0.15) is 0 Å². The van der Waals surface area contributed by atoms with Crippen molar-refractivity contribution in [3.63, 3.8) is 0 Å². The summed E-state index contributed by atoms with van der Waals surface area (Å²) >= 11 is 0. The largest absolute Gasteiger partial charge is 0.478 e. The van der Waals surface area contributed by atoms with Crippen LogP contribution in [0, 0.1) is 0 Å². The number of amides is 1. The minimum Gasteiger partial charge on any atom is -0.478 e. The van der Waals surface area contributed by atoms with Gasteiger partial charge in [0.15, 0.2) is 5.78 Å². The molecule has 0 atom stereocenters. The fourth-order valence-corrected chi connectivity index (χ4v) is 1.49. The Balaban J connectivity index is 2.37. The van der Waals surface area contributed by atoms with Gasteiger partial charge >= 0.3 is 5.97 Å². The maximum atomic E-state index is 11.6. The lowest BCUT2D eigenvalue weighted by Gasteiger charge is -2.15. The van der Waals surface area contributed by atoms with Crippen molar-refractivity contribution in [3.05, 3.63) is 29.6 Å². The number of nitrogens with zero attached hydrogens (tertiary/aromatic N) is 1. The van der Waals surface area contributed by atoms with Crippen LogP contribution < -0.4 is 5.32 Å². The molecule has 1 aliphatic heterocycles. The molecule has 0 saturated heterocycles. The van der Waals surface area contributed by atoms with Crippen LogP contribution in [0.25, 0.3) is 6.08 Å². The third kappa shape index (κ3) is 2.36. The molecular formula is C11H8N2O4. The van der Waals surface area contributed by atoms with E-state index in [9.17, 15) is 14.4 Å². The first-order valence-corrected chi connectivity index (χ1v) is 4.80. The lowest BCUT2D eigenvalue weighted by atomic mass is 10.0. The number of nitrogens with one attached hydrogen (secondary N) is 1. The summed E-state index contributed by atoms with van der Waals surface area (Å²) in [6, 6.07) is 1.45. The molecule has 0 bridgehead atoms. The summed E-state index contributed by atoms with van der Waals surface area (Å²) < 4.78 is 0. The van der Waals surface area contributed by atoms with Crippen molar-refractivity contribution in [2.45, 2.75) is 6.42 Å². The summed E-state index contributed by atoms with van der Waals surface area (Å²) in [5.41, 5.74) is 1.07. The van der Waals surface area contributed by atoms with Crippen molar-refractivity contribution in [3.8, 4) is 0 Å². The Labute approximate surface area is 96.0 Å². The molecule has 2 heterocycles. The zero-order valence-corrected chi connectivity index (χ0v) is 8.64. The van der Waals surface area contributed by atoms with Crippen LogP contribution in [0.3, 0.4) is 0 Å². The van der Waals surface area contributed by atoms with Gasteiger partial charge in [-0.05, 0) is 12.1 Å². The van der Waals surface area contributed by atoms with Gasteiger partial charge in [0.25, 0.3) is 0 Å². The summed E-state index contributed by atoms with van der Waals surface area (Å²) in [5, 5.41) is 11.0. The van der Waals surface area contributed by atoms with Crippen LogP contribution in [0.2, 0.25) is 0 Å². The average molecular weight is 232 g/mol. The van der Waals surface area contributed by atoms with E-state index in [2.05, 4.69) is 10.3 Å². The zero-order chi connectivity index (χ0) is 12.4. The first-order chi connectivity index (χ1) is 8.06. The smallest absolute Gasteiger partial charge is 0.328 e. The number of carboxylic acid groups (broad SMARTS) is 1. The van der Waals surface area contributed by atoms with Crippen LogP contribution in [0.15, 0.2) is 18.3 Å². The van der Waals surface area contributed by atoms with Crippen LogP contribution in [0.5, 0.6) is 0 Å². The molecule has 0 aliphatic carbocycles. The predicted octanol–water partition coefficient (Wildman–Crippen LogP) is 0.704. The van der Waals surface area contributed by atoms with Gasteiger partial charge in [-0.3, -0.25) is 14.6 Å². The zero-order valence-electron chi connectivity index (χ0n) is 8.64. The Morgan fingerprint density at radius 1 is 1.47 bits per heavy atom. The highest BCUT2D eigenvalue weighted by Gasteiger charge is 2.22. The summed E-state index contributed by atoms with van der Waals surface area (Å²) in [5.74, 6) is -1.75. The van der Waals surface area contributed by atoms with E-state index in [1.54, 1.807) is 0 Å². The third-order valence-electron chi connectivity index (χ3n) is 2.22. The lowest BCUT2D eigenvalue weighted by Crippen LogP contribution is -2.24. The predicted molar refractivity (Wildman–Crippen MR) is 58.5 cm³/mol. The van der Waals surface area contributed by atoms with E-state index in [1.165, 1.54) is 18.3 Å². The molecule has 6 heteroatoms. The lowest BCUT2D eigenvalue weighted by molar-refractivity contribution is -0.131. The summed E-state index contributed by atoms with van der Waals surface area (Å²) in [7, 11) is 0. The highest BCUT2D eigenvalue weighted by Crippen LogP contribution is 2.22. The van der Waals surface area contributed by atoms with E-state index < -0.39 is 5.97 Å². The Bertz CT molecular complexity index is 548. The average Bonchev–Trinajstić information content (AvgIpc) is 2.26. The molecule has 1 amide bonds. The fourth-order valence-electron chi connectivity index (χ4n) is 1.49. The van der Waals surface area contributed by atoms with Crippen LogP contribution in [-0.4, -0.2) is 27.8 Å². The standard InChI is InChI=1S/C11H8N2O4/c14-9-4-10(15)13-8-5-12-6(3-7(8)9)1-2-11(16)17/h1-3,5H,4H2,(H,13,15)(H,16,17)/b2-1+. The van der Waals surface area contributed by atoms with E-state index in [0.717, 1.165) is 6.08 Å². The van der Waals surface area contributed by atoms with Crippen LogP contribution in [0.1, 0.15) is 22.5 Å². The number of hydrogen-bond donors (Lipinski definition) is 2. The Morgan fingerprint density at radius 2 is 2.24 bits per heavy atom. The van der Waals surface area contributed by atoms with Crippen LogP contribution in [-0.2, 0) is 9.59 Å². The Kier molecular flexibility index (Phi) is 2.70. The Hall–Kier alpha value is -2.50. The molecule has 86 valence electrons. The maximum Gasteiger partial charge on any atom is 0.328 e. The van der Waals surface area contributed by atoms with Gasteiger partial charge < -0.3 is 10.4 Å². The number of carbonyl (C=O) groups excluding carboxylic acids is 2. The fraction of sp³-hybridized carbons (Fsp3) is 0.0909. The number of carbonyl (C=O) groups is 3. The van der Waals surface area contributed by atoms with Crippen molar-refractivity contribution in [1.29, 1.82) is 0 Å². The number of hydrogen-bond acceptors (Lipinski definition) is 4. The molecule has 0 saturated carbocycles. The monoisotopic (exact) mass is 232 g/mol. The van der Waals surface area contributed by atoms with E-state index in [1.807, 2.05) is 0 Å². The van der Waals surface area contributed by atoms with Gasteiger partial charge in [-0.1, -0.05) is 0 Å². The number of ketones is 1. The number of pyridine rings is 1. The van der Waals surface area contributed by atoms with Gasteiger partial charge in [0.2, 0.25) is 5.91 Å². The van der Waals surface area contributed by atoms with E-state index in [0.29, 0.717) is 16.9 Å². The molecule has 2 rings (SSSR count). The number of fused-ring (bicyclic) bond motifs is 1. The van der Waals surface area contributed by atoms with Crippen molar-refractivity contribution in [1.82, 2.24) is 4.98 Å². The Morgan fingerprint density at radius 3 is 2.94 bits per heavy atom. The summed E-state index contributed by atoms with van der Waals surface area (Å²) in [6.07, 6.45) is 3.36. The minimum absolute atomic E-state index is 0.195. The quantitative estimate of drug-likeness (QED) is 0.578. The van der Waals surface area contributed by atoms with Gasteiger partial charge in [0.05, 0.1) is 24.0 Å². The van der Waals surface area contributed by atoms with Gasteiger partial charge in [-0.25, -0.2) is 4.79 Å². The first-order valence-electron chi connectivity index (χ1n) is 4.80. The minimum atomic E-state index is -1.09. The van der Waals surface area contributed by atoms with E-state index in [-0.39, 0.29) is 18.1 Å². The van der Waals surface area contributed by atoms with Crippen LogP contribution >= 0.6 is 0 Å². The topological polar surface area (TPSA) is 96.4 Å². The second-order valence-electron chi connectivity index (χ2n) is 3.47. The van der Waals surface area contributed by atoms with Crippen molar-refractivity contribution in [2.75, 3.05) is 5.32 Å². The molecule has 17 heavy (non-hydrogen) atoms. The molecule has 0 unspecified atom stereocenters. The number of carboxylic acids is 1.